The van der Waals surface area contributed by atoms with E-state index in [1.807, 2.05) is 12.1 Å². The number of likely N-dealkylation sites (tertiary alicyclic amines) is 1. The normalized spacial score (nSPS) is 26.8. The molecule has 2 aliphatic heterocycles. The van der Waals surface area contributed by atoms with Crippen molar-refractivity contribution in [2.75, 3.05) is 25.0 Å². The monoisotopic (exact) mass is 357 g/mol. The first-order chi connectivity index (χ1) is 12.3. The van der Waals surface area contributed by atoms with Crippen molar-refractivity contribution in [3.05, 3.63) is 46.9 Å². The highest BCUT2D eigenvalue weighted by molar-refractivity contribution is 7.07. The lowest BCUT2D eigenvalue weighted by molar-refractivity contribution is -0.137. The largest absolute Gasteiger partial charge is 0.378 e. The number of hydrogen-bond donors (Lipinski definition) is 1. The molecule has 2 aliphatic rings. The summed E-state index contributed by atoms with van der Waals surface area (Å²) in [6.07, 6.45) is 5.41. The van der Waals surface area contributed by atoms with E-state index < -0.39 is 0 Å². The first-order valence-corrected chi connectivity index (χ1v) is 9.80. The number of nitrogens with one attached hydrogen (secondary N) is 1. The summed E-state index contributed by atoms with van der Waals surface area (Å²) in [6.45, 7) is 3.60. The van der Waals surface area contributed by atoms with E-state index in [-0.39, 0.29) is 23.8 Å². The summed E-state index contributed by atoms with van der Waals surface area (Å²) in [4.78, 5) is 19.4. The molecule has 1 amide bonds. The number of pyridine rings is 1. The Balaban J connectivity index is 1.43. The first-order valence-electron chi connectivity index (χ1n) is 8.85. The van der Waals surface area contributed by atoms with Crippen LogP contribution >= 0.6 is 11.3 Å². The average Bonchev–Trinajstić information content (AvgIpc) is 3.15. The van der Waals surface area contributed by atoms with Crippen molar-refractivity contribution in [1.82, 2.24) is 9.88 Å². The van der Waals surface area contributed by atoms with E-state index in [9.17, 15) is 4.79 Å². The number of carbonyl (C=O) groups excluding carboxylic acids is 1. The van der Waals surface area contributed by atoms with Gasteiger partial charge in [-0.15, -0.1) is 0 Å². The molecule has 0 saturated carbocycles. The second-order valence-electron chi connectivity index (χ2n) is 6.85. The number of thiophene rings is 1. The Labute approximate surface area is 152 Å². The summed E-state index contributed by atoms with van der Waals surface area (Å²) < 4.78 is 5.98. The van der Waals surface area contributed by atoms with Gasteiger partial charge in [0.1, 0.15) is 0 Å². The number of rotatable bonds is 4. The molecule has 0 aromatic carbocycles. The number of amides is 1. The van der Waals surface area contributed by atoms with E-state index in [2.05, 4.69) is 32.0 Å². The highest BCUT2D eigenvalue weighted by Gasteiger charge is 2.41. The van der Waals surface area contributed by atoms with Gasteiger partial charge in [-0.2, -0.15) is 11.3 Å². The molecule has 5 nitrogen and oxygen atoms in total. The molecule has 25 heavy (non-hydrogen) atoms. The number of aromatic nitrogens is 1. The van der Waals surface area contributed by atoms with Crippen LogP contribution in [0.25, 0.3) is 0 Å². The number of anilines is 1. The molecule has 2 aromatic heterocycles. The molecule has 4 rings (SSSR count). The molecule has 0 aliphatic carbocycles. The van der Waals surface area contributed by atoms with Crippen LogP contribution in [-0.2, 0) is 16.1 Å². The van der Waals surface area contributed by atoms with E-state index in [1.165, 1.54) is 5.56 Å². The van der Waals surface area contributed by atoms with Crippen molar-refractivity contribution in [1.29, 1.82) is 0 Å². The van der Waals surface area contributed by atoms with Crippen LogP contribution in [0, 0.1) is 11.8 Å². The predicted octanol–water partition coefficient (Wildman–Crippen LogP) is 3.01. The van der Waals surface area contributed by atoms with Crippen LogP contribution in [0.3, 0.4) is 0 Å². The molecule has 6 heteroatoms. The molecule has 2 saturated heterocycles. The van der Waals surface area contributed by atoms with Gasteiger partial charge in [-0.1, -0.05) is 0 Å². The molecule has 4 heterocycles. The predicted molar refractivity (Wildman–Crippen MR) is 98.4 cm³/mol. The topological polar surface area (TPSA) is 54.5 Å². The maximum absolute atomic E-state index is 12.8. The van der Waals surface area contributed by atoms with Gasteiger partial charge in [0.2, 0.25) is 5.91 Å². The van der Waals surface area contributed by atoms with Crippen LogP contribution in [0.4, 0.5) is 5.69 Å². The standard InChI is InChI=1S/C19H23N3O2S/c23-19(21-15-2-1-6-20-10-15)16-4-8-24-18-3-7-22(12-17(16)18)11-14-5-9-25-13-14/h1-2,5-6,9-10,13,16-18H,3-4,7-8,11-12H2,(H,21,23)/t16-,17+,18-/m0/s1. The Kier molecular flexibility index (Phi) is 5.10. The van der Waals surface area contributed by atoms with Crippen molar-refractivity contribution in [3.8, 4) is 0 Å². The van der Waals surface area contributed by atoms with Gasteiger partial charge < -0.3 is 10.1 Å². The summed E-state index contributed by atoms with van der Waals surface area (Å²) >= 11 is 1.74. The third-order valence-electron chi connectivity index (χ3n) is 5.21. The number of nitrogens with zero attached hydrogens (tertiary/aromatic N) is 2. The average molecular weight is 357 g/mol. The van der Waals surface area contributed by atoms with Crippen LogP contribution in [0.2, 0.25) is 0 Å². The quantitative estimate of drug-likeness (QED) is 0.914. The number of carbonyl (C=O) groups is 1. The van der Waals surface area contributed by atoms with Crippen LogP contribution in [0.5, 0.6) is 0 Å². The molecule has 1 N–H and O–H groups in total. The molecule has 0 radical (unpaired) electrons. The van der Waals surface area contributed by atoms with Gasteiger partial charge in [-0.25, -0.2) is 0 Å². The number of ether oxygens (including phenoxy) is 1. The lowest BCUT2D eigenvalue weighted by Crippen LogP contribution is -2.52. The Bertz CT molecular complexity index is 692. The van der Waals surface area contributed by atoms with Crippen molar-refractivity contribution in [2.24, 2.45) is 11.8 Å². The van der Waals surface area contributed by atoms with Gasteiger partial charge in [0.25, 0.3) is 0 Å². The third-order valence-corrected chi connectivity index (χ3v) is 5.94. The molecule has 3 atom stereocenters. The Morgan fingerprint density at radius 1 is 1.40 bits per heavy atom. The lowest BCUT2D eigenvalue weighted by Gasteiger charge is -2.44. The highest BCUT2D eigenvalue weighted by Crippen LogP contribution is 2.34. The number of piperidine rings is 1. The fraction of sp³-hybridized carbons (Fsp3) is 0.474. The number of hydrogen-bond acceptors (Lipinski definition) is 5. The van der Waals surface area contributed by atoms with Crippen LogP contribution in [-0.4, -0.2) is 41.6 Å². The van der Waals surface area contributed by atoms with Crippen molar-refractivity contribution in [2.45, 2.75) is 25.5 Å². The van der Waals surface area contributed by atoms with Crippen LogP contribution in [0.1, 0.15) is 18.4 Å². The van der Waals surface area contributed by atoms with E-state index in [4.69, 9.17) is 4.74 Å². The van der Waals surface area contributed by atoms with Crippen LogP contribution in [0.15, 0.2) is 41.4 Å². The lowest BCUT2D eigenvalue weighted by atomic mass is 9.79. The minimum absolute atomic E-state index is 0.00392. The van der Waals surface area contributed by atoms with Crippen molar-refractivity contribution >= 4 is 22.9 Å². The molecule has 0 unspecified atom stereocenters. The minimum Gasteiger partial charge on any atom is -0.378 e. The molecule has 2 fully saturated rings. The first kappa shape index (κ1) is 16.7. The highest BCUT2D eigenvalue weighted by atomic mass is 32.1. The number of fused-ring (bicyclic) bond motifs is 1. The van der Waals surface area contributed by atoms with E-state index >= 15 is 0 Å². The van der Waals surface area contributed by atoms with Crippen LogP contribution < -0.4 is 5.32 Å². The molecule has 0 spiro atoms. The molecule has 0 bridgehead atoms. The maximum atomic E-state index is 12.8. The van der Waals surface area contributed by atoms with Gasteiger partial charge in [-0.05, 0) is 47.4 Å². The maximum Gasteiger partial charge on any atom is 0.228 e. The summed E-state index contributed by atoms with van der Waals surface area (Å²) in [7, 11) is 0. The van der Waals surface area contributed by atoms with Gasteiger partial charge in [0.05, 0.1) is 18.0 Å². The fourth-order valence-electron chi connectivity index (χ4n) is 3.97. The zero-order valence-corrected chi connectivity index (χ0v) is 15.0. The molecular formula is C19H23N3O2S. The Hall–Kier alpha value is -1.76. The SMILES string of the molecule is O=C(Nc1cccnc1)[C@H]1CCO[C@H]2CCN(Cc3ccsc3)C[C@@H]21. The Morgan fingerprint density at radius 3 is 3.16 bits per heavy atom. The second-order valence-corrected chi connectivity index (χ2v) is 7.63. The summed E-state index contributed by atoms with van der Waals surface area (Å²) in [5.41, 5.74) is 2.12. The second kappa shape index (κ2) is 7.64. The van der Waals surface area contributed by atoms with Crippen molar-refractivity contribution < 1.29 is 9.53 Å². The van der Waals surface area contributed by atoms with Crippen molar-refractivity contribution in [3.63, 3.8) is 0 Å². The fourth-order valence-corrected chi connectivity index (χ4v) is 4.63. The van der Waals surface area contributed by atoms with E-state index in [0.717, 1.165) is 38.2 Å². The van der Waals surface area contributed by atoms with Gasteiger partial charge in [0, 0.05) is 44.3 Å². The molecule has 2 aromatic rings. The summed E-state index contributed by atoms with van der Waals surface area (Å²) in [6, 6.07) is 5.90. The van der Waals surface area contributed by atoms with E-state index in [1.54, 1.807) is 23.7 Å². The van der Waals surface area contributed by atoms with Gasteiger partial charge >= 0.3 is 0 Å². The minimum atomic E-state index is 0.00392. The Morgan fingerprint density at radius 2 is 2.36 bits per heavy atom. The van der Waals surface area contributed by atoms with Gasteiger partial charge in [0.15, 0.2) is 0 Å². The zero-order valence-electron chi connectivity index (χ0n) is 14.1. The summed E-state index contributed by atoms with van der Waals surface area (Å²) in [5.74, 6) is 0.366. The molecular weight excluding hydrogens is 334 g/mol. The third kappa shape index (κ3) is 3.92. The zero-order chi connectivity index (χ0) is 17.1. The van der Waals surface area contributed by atoms with E-state index in [0.29, 0.717) is 6.61 Å². The summed E-state index contributed by atoms with van der Waals surface area (Å²) in [5, 5.41) is 7.36. The smallest absolute Gasteiger partial charge is 0.228 e. The molecule has 132 valence electrons. The van der Waals surface area contributed by atoms with Gasteiger partial charge in [-0.3, -0.25) is 14.7 Å².